The Balaban J connectivity index is 0.00000263. The molecule has 1 aromatic carbocycles. The number of rotatable bonds is 24. The molecular weight excluding hydrogens is 514 g/mol. The molecule has 0 amide bonds. The predicted octanol–water partition coefficient (Wildman–Crippen LogP) is 13.2. The lowest BCUT2D eigenvalue weighted by Crippen LogP contribution is -2.12. The van der Waals surface area contributed by atoms with E-state index in [-0.39, 0.29) is 0 Å². The Morgan fingerprint density at radius 2 is 0.872 bits per heavy atom. The van der Waals surface area contributed by atoms with E-state index >= 15 is 0 Å². The first kappa shape index (κ1) is 38.2. The Hall–Kier alpha value is -0.825. The molecule has 0 unspecified atom stereocenters. The minimum Gasteiger partial charge on any atom is -0.418 e. The number of benzene rings is 1. The lowest BCUT2D eigenvalue weighted by molar-refractivity contribution is 0.368. The molecule has 1 aromatic rings. The van der Waals surface area contributed by atoms with Crippen LogP contribution in [-0.4, -0.2) is 25.7 Å². The molecule has 0 spiro atoms. The first-order chi connectivity index (χ1) is 18.7. The molecule has 0 aliphatic carbocycles. The third kappa shape index (κ3) is 24.7. The van der Waals surface area contributed by atoms with Crippen molar-refractivity contribution in [1.82, 2.24) is 0 Å². The van der Waals surface area contributed by atoms with Crippen molar-refractivity contribution < 1.29 is 17.3 Å². The zero-order valence-corrected chi connectivity index (χ0v) is 26.6. The average molecular weight is 575 g/mol. The third-order valence-corrected chi connectivity index (χ3v) is 12.5. The van der Waals surface area contributed by atoms with Crippen LogP contribution in [0, 0.1) is 0 Å². The van der Waals surface area contributed by atoms with Crippen LogP contribution in [0.25, 0.3) is 6.08 Å². The Bertz CT molecular complexity index is 628. The molecule has 0 bridgehead atoms. The van der Waals surface area contributed by atoms with Gasteiger partial charge in [0.05, 0.1) is 24.6 Å². The highest BCUT2D eigenvalue weighted by molar-refractivity contribution is 7.75. The van der Waals surface area contributed by atoms with Gasteiger partial charge in [-0.2, -0.15) is 0 Å². The molecule has 0 aromatic heterocycles. The Morgan fingerprint density at radius 3 is 1.18 bits per heavy atom. The van der Waals surface area contributed by atoms with Gasteiger partial charge in [-0.25, -0.2) is 0 Å². The average Bonchev–Trinajstić information content (AvgIpc) is 2.89. The van der Waals surface area contributed by atoms with E-state index in [4.69, 9.17) is 0 Å². The van der Waals surface area contributed by atoms with E-state index in [1.807, 2.05) is 6.08 Å². The van der Waals surface area contributed by atoms with E-state index in [0.717, 1.165) is 0 Å². The summed E-state index contributed by atoms with van der Waals surface area (Å²) in [6.45, 7) is 10.9. The van der Waals surface area contributed by atoms with Crippen molar-refractivity contribution in [3.8, 4) is 0 Å². The van der Waals surface area contributed by atoms with Gasteiger partial charge in [-0.15, -0.1) is 0 Å². The molecule has 6 heteroatoms. The maximum Gasteiger partial charge on any atom is 0.673 e. The SMILES string of the molecule is C=Cc1ccc(C[P+](CCCCCCCC)(CCCCCCCC)CCCCCCCC)cc1.F[B-](F)(F)F. The normalized spacial score (nSPS) is 11.8. The second kappa shape index (κ2) is 24.9. The van der Waals surface area contributed by atoms with Crippen molar-refractivity contribution in [2.24, 2.45) is 0 Å². The lowest BCUT2D eigenvalue weighted by atomic mass is 10.1. The zero-order chi connectivity index (χ0) is 29.2. The van der Waals surface area contributed by atoms with Crippen LogP contribution in [0.4, 0.5) is 17.3 Å². The second-order valence-corrected chi connectivity index (χ2v) is 15.8. The fraction of sp³-hybridized carbons (Fsp3) is 0.758. The quantitative estimate of drug-likeness (QED) is 0.0499. The van der Waals surface area contributed by atoms with Gasteiger partial charge in [-0.1, -0.05) is 135 Å². The van der Waals surface area contributed by atoms with E-state index in [0.29, 0.717) is 0 Å². The third-order valence-electron chi connectivity index (χ3n) is 7.69. The second-order valence-electron chi connectivity index (χ2n) is 11.4. The van der Waals surface area contributed by atoms with Gasteiger partial charge in [0.15, 0.2) is 0 Å². The topological polar surface area (TPSA) is 0 Å². The van der Waals surface area contributed by atoms with Crippen LogP contribution in [0.15, 0.2) is 30.8 Å². The first-order valence-corrected chi connectivity index (χ1v) is 18.7. The van der Waals surface area contributed by atoms with Crippen molar-refractivity contribution in [3.63, 3.8) is 0 Å². The summed E-state index contributed by atoms with van der Waals surface area (Å²) in [5.74, 6) is 0. The van der Waals surface area contributed by atoms with Crippen molar-refractivity contribution in [2.75, 3.05) is 18.5 Å². The monoisotopic (exact) mass is 574 g/mol. The summed E-state index contributed by atoms with van der Waals surface area (Å²) in [6, 6.07) is 9.40. The Kier molecular flexibility index (Phi) is 24.4. The van der Waals surface area contributed by atoms with E-state index < -0.39 is 14.5 Å². The van der Waals surface area contributed by atoms with Gasteiger partial charge in [0.2, 0.25) is 0 Å². The van der Waals surface area contributed by atoms with Crippen molar-refractivity contribution >= 4 is 20.6 Å². The molecule has 0 radical (unpaired) electrons. The summed E-state index contributed by atoms with van der Waals surface area (Å²) in [6.07, 6.45) is 33.9. The van der Waals surface area contributed by atoms with Crippen LogP contribution in [0.2, 0.25) is 0 Å². The van der Waals surface area contributed by atoms with E-state index in [9.17, 15) is 17.3 Å². The van der Waals surface area contributed by atoms with Gasteiger partial charge in [-0.05, 0) is 49.7 Å². The van der Waals surface area contributed by atoms with Crippen LogP contribution in [0.1, 0.15) is 147 Å². The molecular formula is C33H60BF4P. The molecule has 0 heterocycles. The zero-order valence-electron chi connectivity index (χ0n) is 25.7. The molecule has 228 valence electrons. The van der Waals surface area contributed by atoms with E-state index in [1.165, 1.54) is 127 Å². The van der Waals surface area contributed by atoms with E-state index in [2.05, 4.69) is 51.6 Å². The number of unbranched alkanes of at least 4 members (excludes halogenated alkanes) is 15. The van der Waals surface area contributed by atoms with E-state index in [1.54, 1.807) is 24.0 Å². The van der Waals surface area contributed by atoms with Crippen LogP contribution in [0.5, 0.6) is 0 Å². The fourth-order valence-electron chi connectivity index (χ4n) is 5.40. The number of halogens is 4. The van der Waals surface area contributed by atoms with Crippen LogP contribution in [0.3, 0.4) is 0 Å². The van der Waals surface area contributed by atoms with Gasteiger partial charge in [-0.3, -0.25) is 0 Å². The summed E-state index contributed by atoms with van der Waals surface area (Å²) in [5, 5.41) is 0. The Labute approximate surface area is 240 Å². The highest BCUT2D eigenvalue weighted by Crippen LogP contribution is 2.63. The first-order valence-electron chi connectivity index (χ1n) is 16.1. The molecule has 0 aliphatic heterocycles. The minimum absolute atomic E-state index is 0.934. The summed E-state index contributed by atoms with van der Waals surface area (Å²) in [4.78, 5) is 0. The van der Waals surface area contributed by atoms with Crippen molar-refractivity contribution in [2.45, 2.75) is 143 Å². The summed E-state index contributed by atoms with van der Waals surface area (Å²) in [5.41, 5.74) is 2.86. The van der Waals surface area contributed by atoms with Crippen LogP contribution >= 0.6 is 7.26 Å². The lowest BCUT2D eigenvalue weighted by Gasteiger charge is -2.29. The summed E-state index contributed by atoms with van der Waals surface area (Å²) < 4.78 is 39.0. The molecule has 0 aliphatic rings. The van der Waals surface area contributed by atoms with Crippen molar-refractivity contribution in [3.05, 3.63) is 42.0 Å². The Morgan fingerprint density at radius 1 is 0.564 bits per heavy atom. The standard InChI is InChI=1S/C33H60P.BF4/c1-5-9-12-15-18-21-28-34(29-22-19-16-13-10-6-2,30-23-20-17-14-11-7-3)31-33-26-24-32(8-4)25-27-33;2-1(3,4)5/h8,24-27H,4-7,9-23,28-31H2,1-3H3;/q+1;-1. The maximum absolute atomic E-state index is 9.75. The molecule has 0 N–H and O–H groups in total. The number of hydrogen-bond acceptors (Lipinski definition) is 0. The highest BCUT2D eigenvalue weighted by atomic mass is 31.2. The van der Waals surface area contributed by atoms with Gasteiger partial charge in [0.1, 0.15) is 0 Å². The molecule has 39 heavy (non-hydrogen) atoms. The minimum atomic E-state index is -6.00. The number of hydrogen-bond donors (Lipinski definition) is 0. The van der Waals surface area contributed by atoms with Gasteiger partial charge >= 0.3 is 7.25 Å². The molecule has 0 atom stereocenters. The highest BCUT2D eigenvalue weighted by Gasteiger charge is 2.36. The van der Waals surface area contributed by atoms with Gasteiger partial charge < -0.3 is 17.3 Å². The predicted molar refractivity (Wildman–Crippen MR) is 172 cm³/mol. The molecule has 0 saturated heterocycles. The maximum atomic E-state index is 9.75. The molecule has 0 saturated carbocycles. The molecule has 0 nitrogen and oxygen atoms in total. The van der Waals surface area contributed by atoms with Crippen molar-refractivity contribution in [1.29, 1.82) is 0 Å². The van der Waals surface area contributed by atoms with Crippen LogP contribution < -0.4 is 0 Å². The summed E-state index contributed by atoms with van der Waals surface area (Å²) >= 11 is 0. The largest absolute Gasteiger partial charge is 0.673 e. The van der Waals surface area contributed by atoms with Gasteiger partial charge in [0, 0.05) is 7.26 Å². The molecule has 1 rings (SSSR count). The smallest absolute Gasteiger partial charge is 0.418 e. The fourth-order valence-corrected chi connectivity index (χ4v) is 10.2. The van der Waals surface area contributed by atoms with Crippen LogP contribution in [-0.2, 0) is 6.16 Å². The summed E-state index contributed by atoms with van der Waals surface area (Å²) in [7, 11) is -6.93. The molecule has 0 fully saturated rings. The van der Waals surface area contributed by atoms with Gasteiger partial charge in [0.25, 0.3) is 0 Å².